The molecule has 0 amide bonds. The first-order chi connectivity index (χ1) is 10.2. The fourth-order valence-corrected chi connectivity index (χ4v) is 1.92. The second-order valence-corrected chi connectivity index (χ2v) is 4.44. The Balaban J connectivity index is 2.02. The van der Waals surface area contributed by atoms with Crippen LogP contribution in [0.4, 0.5) is 0 Å². The van der Waals surface area contributed by atoms with Crippen LogP contribution >= 0.6 is 0 Å². The molecular formula is C17H19NO3. The van der Waals surface area contributed by atoms with E-state index >= 15 is 0 Å². The number of aliphatic imine (C=N–C) groups is 1. The highest BCUT2D eigenvalue weighted by Gasteiger charge is 2.04. The fraction of sp³-hybridized carbons (Fsp3) is 0.235. The lowest BCUT2D eigenvalue weighted by Crippen LogP contribution is -1.92. The van der Waals surface area contributed by atoms with E-state index in [1.165, 1.54) is 7.11 Å². The Kier molecular flexibility index (Phi) is 5.21. The van der Waals surface area contributed by atoms with Crippen molar-refractivity contribution < 1.29 is 14.6 Å². The third kappa shape index (κ3) is 3.99. The molecule has 0 spiro atoms. The molecule has 0 bridgehead atoms. The van der Waals surface area contributed by atoms with Crippen LogP contribution in [0.1, 0.15) is 18.1 Å². The summed E-state index contributed by atoms with van der Waals surface area (Å²) in [7, 11) is 1.52. The lowest BCUT2D eigenvalue weighted by molar-refractivity contribution is 0.340. The maximum Gasteiger partial charge on any atom is 0.166 e. The first-order valence-electron chi connectivity index (χ1n) is 6.82. The van der Waals surface area contributed by atoms with E-state index in [0.717, 1.165) is 11.3 Å². The van der Waals surface area contributed by atoms with Crippen LogP contribution in [0, 0.1) is 0 Å². The predicted octanol–water partition coefficient (Wildman–Crippen LogP) is 3.42. The monoisotopic (exact) mass is 285 g/mol. The van der Waals surface area contributed by atoms with Gasteiger partial charge in [-0.15, -0.1) is 0 Å². The van der Waals surface area contributed by atoms with Gasteiger partial charge in [0.25, 0.3) is 0 Å². The van der Waals surface area contributed by atoms with E-state index in [-0.39, 0.29) is 5.75 Å². The molecule has 0 heterocycles. The van der Waals surface area contributed by atoms with Gasteiger partial charge in [0.1, 0.15) is 5.75 Å². The van der Waals surface area contributed by atoms with E-state index in [2.05, 4.69) is 4.99 Å². The summed E-state index contributed by atoms with van der Waals surface area (Å²) in [6.45, 7) is 3.16. The molecule has 0 aliphatic carbocycles. The Labute approximate surface area is 124 Å². The van der Waals surface area contributed by atoms with Crippen molar-refractivity contribution in [2.45, 2.75) is 13.5 Å². The van der Waals surface area contributed by atoms with Crippen molar-refractivity contribution in [3.63, 3.8) is 0 Å². The molecule has 4 nitrogen and oxygen atoms in total. The molecule has 0 unspecified atom stereocenters. The summed E-state index contributed by atoms with van der Waals surface area (Å²) in [6.07, 6.45) is 1.65. The van der Waals surface area contributed by atoms with Gasteiger partial charge in [0.05, 0.1) is 20.3 Å². The van der Waals surface area contributed by atoms with Gasteiger partial charge in [0.2, 0.25) is 0 Å². The Morgan fingerprint density at radius 1 is 1.14 bits per heavy atom. The van der Waals surface area contributed by atoms with Crippen LogP contribution in [0.3, 0.4) is 0 Å². The summed E-state index contributed by atoms with van der Waals surface area (Å²) in [5, 5.41) is 9.95. The van der Waals surface area contributed by atoms with E-state index in [1.807, 2.05) is 37.3 Å². The lowest BCUT2D eigenvalue weighted by atomic mass is 10.2. The van der Waals surface area contributed by atoms with Crippen molar-refractivity contribution in [3.8, 4) is 17.2 Å². The van der Waals surface area contributed by atoms with Crippen molar-refractivity contribution >= 4 is 6.21 Å². The molecule has 2 rings (SSSR count). The standard InChI is InChI=1S/C17H19NO3/c1-3-21-15-9-7-13(8-10-15)11-18-12-14-5-4-6-16(20-2)17(14)19/h4-10,12,19H,3,11H2,1-2H3. The second kappa shape index (κ2) is 7.33. The zero-order valence-electron chi connectivity index (χ0n) is 12.2. The number of benzene rings is 2. The van der Waals surface area contributed by atoms with Gasteiger partial charge in [-0.3, -0.25) is 4.99 Å². The number of nitrogens with zero attached hydrogens (tertiary/aromatic N) is 1. The first-order valence-corrected chi connectivity index (χ1v) is 6.82. The molecule has 110 valence electrons. The van der Waals surface area contributed by atoms with Gasteiger partial charge in [-0.25, -0.2) is 0 Å². The summed E-state index contributed by atoms with van der Waals surface area (Å²) < 4.78 is 10.5. The van der Waals surface area contributed by atoms with Gasteiger partial charge in [-0.05, 0) is 36.8 Å². The van der Waals surface area contributed by atoms with Crippen LogP contribution in [-0.2, 0) is 6.54 Å². The van der Waals surface area contributed by atoms with Crippen molar-refractivity contribution in [1.29, 1.82) is 0 Å². The smallest absolute Gasteiger partial charge is 0.166 e. The van der Waals surface area contributed by atoms with Gasteiger partial charge in [0, 0.05) is 11.8 Å². The van der Waals surface area contributed by atoms with Crippen molar-refractivity contribution in [1.82, 2.24) is 0 Å². The van der Waals surface area contributed by atoms with E-state index in [0.29, 0.717) is 24.5 Å². The number of hydrogen-bond acceptors (Lipinski definition) is 4. The average molecular weight is 285 g/mol. The molecule has 0 saturated heterocycles. The molecule has 2 aromatic rings. The normalized spacial score (nSPS) is 10.8. The van der Waals surface area contributed by atoms with Gasteiger partial charge < -0.3 is 14.6 Å². The van der Waals surface area contributed by atoms with Crippen LogP contribution in [0.15, 0.2) is 47.5 Å². The fourth-order valence-electron chi connectivity index (χ4n) is 1.92. The highest BCUT2D eigenvalue weighted by Crippen LogP contribution is 2.28. The van der Waals surface area contributed by atoms with Gasteiger partial charge in [-0.2, -0.15) is 0 Å². The predicted molar refractivity (Wildman–Crippen MR) is 83.6 cm³/mol. The van der Waals surface area contributed by atoms with E-state index in [9.17, 15) is 5.11 Å². The average Bonchev–Trinajstić information content (AvgIpc) is 2.51. The number of aromatic hydroxyl groups is 1. The molecule has 1 N–H and O–H groups in total. The van der Waals surface area contributed by atoms with Gasteiger partial charge in [0.15, 0.2) is 11.5 Å². The highest BCUT2D eigenvalue weighted by molar-refractivity contribution is 5.84. The number of phenols is 1. The molecule has 0 aliphatic rings. The Bertz CT molecular complexity index is 606. The minimum Gasteiger partial charge on any atom is -0.504 e. The second-order valence-electron chi connectivity index (χ2n) is 4.44. The van der Waals surface area contributed by atoms with E-state index < -0.39 is 0 Å². The van der Waals surface area contributed by atoms with Gasteiger partial charge in [-0.1, -0.05) is 18.2 Å². The maximum absolute atomic E-state index is 9.95. The first kappa shape index (κ1) is 14.9. The Morgan fingerprint density at radius 2 is 1.90 bits per heavy atom. The van der Waals surface area contributed by atoms with Crippen LogP contribution < -0.4 is 9.47 Å². The lowest BCUT2D eigenvalue weighted by Gasteiger charge is -2.05. The van der Waals surface area contributed by atoms with Crippen molar-refractivity contribution in [2.75, 3.05) is 13.7 Å². The van der Waals surface area contributed by atoms with Crippen molar-refractivity contribution in [3.05, 3.63) is 53.6 Å². The third-order valence-electron chi connectivity index (χ3n) is 2.99. The minimum atomic E-state index is 0.107. The SMILES string of the molecule is CCOc1ccc(CN=Cc2cccc(OC)c2O)cc1. The number of para-hydroxylation sites is 1. The molecule has 0 radical (unpaired) electrons. The van der Waals surface area contributed by atoms with Crippen LogP contribution in [0.5, 0.6) is 17.2 Å². The summed E-state index contributed by atoms with van der Waals surface area (Å²) >= 11 is 0. The summed E-state index contributed by atoms with van der Waals surface area (Å²) in [5.41, 5.74) is 1.72. The Morgan fingerprint density at radius 3 is 2.57 bits per heavy atom. The molecule has 2 aromatic carbocycles. The van der Waals surface area contributed by atoms with Crippen LogP contribution in [-0.4, -0.2) is 25.0 Å². The number of phenolic OH excluding ortho intramolecular Hbond substituents is 1. The summed E-state index contributed by atoms with van der Waals surface area (Å²) in [6, 6.07) is 13.1. The number of hydrogen-bond donors (Lipinski definition) is 1. The van der Waals surface area contributed by atoms with Crippen molar-refractivity contribution in [2.24, 2.45) is 4.99 Å². The molecule has 0 aromatic heterocycles. The number of ether oxygens (including phenoxy) is 2. The largest absolute Gasteiger partial charge is 0.504 e. The zero-order chi connectivity index (χ0) is 15.1. The molecular weight excluding hydrogens is 266 g/mol. The van der Waals surface area contributed by atoms with E-state index in [4.69, 9.17) is 9.47 Å². The molecule has 21 heavy (non-hydrogen) atoms. The molecule has 0 fully saturated rings. The van der Waals surface area contributed by atoms with Crippen LogP contribution in [0.2, 0.25) is 0 Å². The molecule has 0 aliphatic heterocycles. The molecule has 0 saturated carbocycles. The maximum atomic E-state index is 9.95. The topological polar surface area (TPSA) is 51.0 Å². The van der Waals surface area contributed by atoms with Gasteiger partial charge >= 0.3 is 0 Å². The quantitative estimate of drug-likeness (QED) is 0.827. The van der Waals surface area contributed by atoms with Crippen LogP contribution in [0.25, 0.3) is 0 Å². The van der Waals surface area contributed by atoms with E-state index in [1.54, 1.807) is 18.3 Å². The Hall–Kier alpha value is -2.49. The summed E-state index contributed by atoms with van der Waals surface area (Å²) in [5.74, 6) is 1.41. The molecule has 4 heteroatoms. The highest BCUT2D eigenvalue weighted by atomic mass is 16.5. The number of rotatable bonds is 6. The number of methoxy groups -OCH3 is 1. The minimum absolute atomic E-state index is 0.107. The molecule has 0 atom stereocenters. The summed E-state index contributed by atoms with van der Waals surface area (Å²) in [4.78, 5) is 4.34. The zero-order valence-corrected chi connectivity index (χ0v) is 12.2. The third-order valence-corrected chi connectivity index (χ3v) is 2.99.